The van der Waals surface area contributed by atoms with Crippen LogP contribution in [0.1, 0.15) is 12.8 Å². The van der Waals surface area contributed by atoms with Crippen LogP contribution in [-0.4, -0.2) is 49.2 Å². The van der Waals surface area contributed by atoms with Crippen molar-refractivity contribution < 1.29 is 18.3 Å². The van der Waals surface area contributed by atoms with Crippen molar-refractivity contribution in [3.63, 3.8) is 0 Å². The molecule has 0 atom stereocenters. The highest BCUT2D eigenvalue weighted by molar-refractivity contribution is 5.89. The lowest BCUT2D eigenvalue weighted by molar-refractivity contribution is 0.193. The number of benzene rings is 2. The molecule has 0 aliphatic carbocycles. The number of rotatable bonds is 5. The van der Waals surface area contributed by atoms with Crippen molar-refractivity contribution >= 4 is 17.5 Å². The molecule has 0 radical (unpaired) electrons. The number of carbonyl (C=O) groups is 1. The Morgan fingerprint density at radius 3 is 2.33 bits per heavy atom. The fraction of sp³-hybridized carbons (Fsp3) is 0.280. The summed E-state index contributed by atoms with van der Waals surface area (Å²) in [6, 6.07) is 15.9. The Labute approximate surface area is 191 Å². The first-order chi connectivity index (χ1) is 15.9. The Morgan fingerprint density at radius 1 is 1.03 bits per heavy atom. The lowest BCUT2D eigenvalue weighted by atomic mass is 10.0. The quantitative estimate of drug-likeness (QED) is 0.580. The molecule has 3 aromatic rings. The molecule has 1 N–H and O–H groups in total. The highest BCUT2D eigenvalue weighted by Gasteiger charge is 2.26. The normalized spacial score (nSPS) is 14.1. The highest BCUT2D eigenvalue weighted by Crippen LogP contribution is 2.25. The first kappa shape index (κ1) is 22.5. The van der Waals surface area contributed by atoms with E-state index in [1.807, 2.05) is 18.2 Å². The fourth-order valence-electron chi connectivity index (χ4n) is 4.02. The number of amides is 2. The molecular weight excluding hydrogens is 426 g/mol. The number of halogens is 2. The van der Waals surface area contributed by atoms with E-state index in [0.29, 0.717) is 22.7 Å². The number of aromatic nitrogens is 1. The number of piperidine rings is 1. The van der Waals surface area contributed by atoms with Gasteiger partial charge in [0.15, 0.2) is 0 Å². The van der Waals surface area contributed by atoms with E-state index >= 15 is 0 Å². The maximum absolute atomic E-state index is 13.5. The summed E-state index contributed by atoms with van der Waals surface area (Å²) in [5, 5.41) is 2.89. The van der Waals surface area contributed by atoms with Gasteiger partial charge in [0.05, 0.1) is 7.11 Å². The number of anilines is 2. The molecule has 172 valence electrons. The van der Waals surface area contributed by atoms with Gasteiger partial charge < -0.3 is 19.9 Å². The Balaban J connectivity index is 1.33. The molecule has 2 amide bonds. The molecule has 2 heterocycles. The molecule has 1 saturated heterocycles. The predicted octanol–water partition coefficient (Wildman–Crippen LogP) is 5.17. The van der Waals surface area contributed by atoms with E-state index in [2.05, 4.69) is 15.2 Å². The number of pyridine rings is 1. The van der Waals surface area contributed by atoms with E-state index in [4.69, 9.17) is 4.74 Å². The molecule has 1 aliphatic rings. The number of carbonyl (C=O) groups excluding carboxylic acids is 1. The van der Waals surface area contributed by atoms with Crippen LogP contribution in [0.2, 0.25) is 0 Å². The number of nitrogens with one attached hydrogen (secondary N) is 1. The molecule has 2 aromatic carbocycles. The molecule has 6 nitrogen and oxygen atoms in total. The summed E-state index contributed by atoms with van der Waals surface area (Å²) in [5.41, 5.74) is 1.73. The molecule has 8 heteroatoms. The van der Waals surface area contributed by atoms with Gasteiger partial charge in [-0.05, 0) is 54.3 Å². The summed E-state index contributed by atoms with van der Waals surface area (Å²) >= 11 is 0. The van der Waals surface area contributed by atoms with E-state index in [1.165, 1.54) is 12.1 Å². The van der Waals surface area contributed by atoms with Gasteiger partial charge in [0.2, 0.25) is 5.88 Å². The van der Waals surface area contributed by atoms with Gasteiger partial charge in [-0.25, -0.2) is 13.6 Å². The second-order valence-corrected chi connectivity index (χ2v) is 8.03. The van der Waals surface area contributed by atoms with Crippen LogP contribution in [0, 0.1) is 11.6 Å². The van der Waals surface area contributed by atoms with Gasteiger partial charge in [-0.1, -0.05) is 18.2 Å². The van der Waals surface area contributed by atoms with Gasteiger partial charge >= 0.3 is 6.03 Å². The monoisotopic (exact) mass is 452 g/mol. The average Bonchev–Trinajstić information content (AvgIpc) is 2.83. The van der Waals surface area contributed by atoms with E-state index in [-0.39, 0.29) is 12.1 Å². The third-order valence-corrected chi connectivity index (χ3v) is 5.91. The summed E-state index contributed by atoms with van der Waals surface area (Å²) in [7, 11) is 3.39. The van der Waals surface area contributed by atoms with E-state index < -0.39 is 11.6 Å². The molecule has 1 fully saturated rings. The number of ether oxygens (including phenoxy) is 1. The average molecular weight is 453 g/mol. The zero-order valence-corrected chi connectivity index (χ0v) is 18.6. The van der Waals surface area contributed by atoms with Gasteiger partial charge in [0.1, 0.15) is 17.5 Å². The Kier molecular flexibility index (Phi) is 6.72. The van der Waals surface area contributed by atoms with Crippen LogP contribution in [0.3, 0.4) is 0 Å². The second-order valence-electron chi connectivity index (χ2n) is 8.03. The minimum absolute atomic E-state index is 0.112. The van der Waals surface area contributed by atoms with Crippen molar-refractivity contribution in [1.82, 2.24) is 9.88 Å². The molecule has 33 heavy (non-hydrogen) atoms. The minimum atomic E-state index is -0.628. The zero-order chi connectivity index (χ0) is 23.4. The van der Waals surface area contributed by atoms with E-state index in [0.717, 1.165) is 37.8 Å². The van der Waals surface area contributed by atoms with E-state index in [1.54, 1.807) is 43.3 Å². The second kappa shape index (κ2) is 9.85. The first-order valence-corrected chi connectivity index (χ1v) is 10.8. The number of nitrogens with zero attached hydrogens (tertiary/aromatic N) is 3. The zero-order valence-electron chi connectivity index (χ0n) is 18.6. The first-order valence-electron chi connectivity index (χ1n) is 10.8. The molecule has 0 unspecified atom stereocenters. The number of hydrogen-bond acceptors (Lipinski definition) is 4. The van der Waals surface area contributed by atoms with Crippen molar-refractivity contribution in [1.29, 1.82) is 0 Å². The van der Waals surface area contributed by atoms with Gasteiger partial charge in [-0.3, -0.25) is 0 Å². The summed E-state index contributed by atoms with van der Waals surface area (Å²) in [6.45, 7) is 1.59. The van der Waals surface area contributed by atoms with E-state index in [9.17, 15) is 13.6 Å². The molecule has 0 bridgehead atoms. The number of hydrogen-bond donors (Lipinski definition) is 1. The number of methoxy groups -OCH3 is 1. The standard InChI is InChI=1S/C25H26F2N4O2/c1-30(22-10-12-31(13-11-22)23-4-3-5-24(29-23)33-2)25(32)28-21-8-6-17(7-9-21)18-14-19(26)16-20(27)15-18/h3-9,14-16,22H,10-13H2,1-2H3,(H,28,32). The van der Waals surface area contributed by atoms with Crippen LogP contribution in [0.15, 0.2) is 60.7 Å². The van der Waals surface area contributed by atoms with Crippen molar-refractivity contribution in [3.05, 3.63) is 72.3 Å². The van der Waals surface area contributed by atoms with Crippen molar-refractivity contribution in [2.24, 2.45) is 0 Å². The summed E-state index contributed by atoms with van der Waals surface area (Å²) in [5.74, 6) is 0.201. The van der Waals surface area contributed by atoms with Crippen molar-refractivity contribution in [2.75, 3.05) is 37.5 Å². The Bertz CT molecular complexity index is 1100. The molecule has 4 rings (SSSR count). The SMILES string of the molecule is COc1cccc(N2CCC(N(C)C(=O)Nc3ccc(-c4cc(F)cc(F)c4)cc3)CC2)n1. The largest absolute Gasteiger partial charge is 0.481 e. The van der Waals surface area contributed by atoms with Crippen LogP contribution in [0.4, 0.5) is 25.1 Å². The molecular formula is C25H26F2N4O2. The third-order valence-electron chi connectivity index (χ3n) is 5.91. The van der Waals surface area contributed by atoms with Crippen LogP contribution < -0.4 is 15.0 Å². The maximum atomic E-state index is 13.5. The molecule has 0 saturated carbocycles. The Morgan fingerprint density at radius 2 is 1.70 bits per heavy atom. The van der Waals surface area contributed by atoms with Gasteiger partial charge in [-0.2, -0.15) is 4.98 Å². The van der Waals surface area contributed by atoms with Gasteiger partial charge in [0, 0.05) is 44.0 Å². The molecule has 0 spiro atoms. The van der Waals surface area contributed by atoms with Crippen LogP contribution >= 0.6 is 0 Å². The summed E-state index contributed by atoms with van der Waals surface area (Å²) in [4.78, 5) is 21.2. The molecule has 1 aromatic heterocycles. The lowest BCUT2D eigenvalue weighted by Gasteiger charge is -2.37. The maximum Gasteiger partial charge on any atom is 0.321 e. The smallest absolute Gasteiger partial charge is 0.321 e. The number of urea groups is 1. The summed E-state index contributed by atoms with van der Waals surface area (Å²) in [6.07, 6.45) is 1.65. The van der Waals surface area contributed by atoms with Gasteiger partial charge in [0.25, 0.3) is 0 Å². The molecule has 1 aliphatic heterocycles. The third kappa shape index (κ3) is 5.39. The van der Waals surface area contributed by atoms with Gasteiger partial charge in [-0.15, -0.1) is 0 Å². The van der Waals surface area contributed by atoms with Crippen molar-refractivity contribution in [3.8, 4) is 17.0 Å². The minimum Gasteiger partial charge on any atom is -0.481 e. The van der Waals surface area contributed by atoms with Crippen LogP contribution in [0.5, 0.6) is 5.88 Å². The predicted molar refractivity (Wildman–Crippen MR) is 125 cm³/mol. The van der Waals surface area contributed by atoms with Crippen LogP contribution in [0.25, 0.3) is 11.1 Å². The fourth-order valence-corrected chi connectivity index (χ4v) is 4.02. The lowest BCUT2D eigenvalue weighted by Crippen LogP contribution is -2.47. The summed E-state index contributed by atoms with van der Waals surface area (Å²) < 4.78 is 32.1. The van der Waals surface area contributed by atoms with Crippen LogP contribution in [-0.2, 0) is 0 Å². The topological polar surface area (TPSA) is 57.7 Å². The van der Waals surface area contributed by atoms with Crippen molar-refractivity contribution in [2.45, 2.75) is 18.9 Å². The Hall–Kier alpha value is -3.68. The highest BCUT2D eigenvalue weighted by atomic mass is 19.1.